The zero-order valence-electron chi connectivity index (χ0n) is 29.8. The Bertz CT molecular complexity index is 2820. The molecule has 0 aliphatic rings. The Labute approximate surface area is 323 Å². The van der Waals surface area contributed by atoms with Crippen LogP contribution in [0.2, 0.25) is 0 Å². The molecule has 258 valence electrons. The van der Waals surface area contributed by atoms with Crippen LogP contribution in [0.5, 0.6) is 0 Å². The summed E-state index contributed by atoms with van der Waals surface area (Å²) in [5, 5.41) is 2.50. The van der Waals surface area contributed by atoms with E-state index in [1.807, 2.05) is 23.5 Å². The van der Waals surface area contributed by atoms with E-state index in [4.69, 9.17) is 15.0 Å². The smallest absolute Gasteiger partial charge is 0.164 e. The number of thiophene rings is 1. The molecule has 0 amide bonds. The highest BCUT2D eigenvalue weighted by Gasteiger charge is 2.16. The highest BCUT2D eigenvalue weighted by Crippen LogP contribution is 2.42. The van der Waals surface area contributed by atoms with Crippen molar-refractivity contribution < 1.29 is 0 Å². The number of hydrogen-bond acceptors (Lipinski definition) is 4. The Balaban J connectivity index is 1.06. The summed E-state index contributed by atoms with van der Waals surface area (Å²) in [7, 11) is 0. The molecule has 55 heavy (non-hydrogen) atoms. The number of fused-ring (bicyclic) bond motifs is 3. The molecule has 2 heterocycles. The second-order valence-corrected chi connectivity index (χ2v) is 14.7. The fraction of sp³-hybridized carbons (Fsp3) is 0. The summed E-state index contributed by atoms with van der Waals surface area (Å²) in [5.74, 6) is 1.93. The van der Waals surface area contributed by atoms with Gasteiger partial charge in [0.15, 0.2) is 17.5 Å². The van der Waals surface area contributed by atoms with E-state index in [-0.39, 0.29) is 0 Å². The Morgan fingerprint density at radius 3 is 1.13 bits per heavy atom. The highest BCUT2D eigenvalue weighted by atomic mass is 32.1. The van der Waals surface area contributed by atoms with Crippen molar-refractivity contribution in [3.63, 3.8) is 0 Å². The average Bonchev–Trinajstić information content (AvgIpc) is 3.66. The van der Waals surface area contributed by atoms with Crippen LogP contribution >= 0.6 is 11.3 Å². The van der Waals surface area contributed by atoms with Gasteiger partial charge in [0.2, 0.25) is 0 Å². The second-order valence-electron chi connectivity index (χ2n) is 13.6. The highest BCUT2D eigenvalue weighted by molar-refractivity contribution is 7.26. The normalized spacial score (nSPS) is 11.3. The SMILES string of the molecule is c1ccc(-c2ccc(-c3nc(-c4ccc(-c5ccccc5)cc4)nc(-c4ccc5c(c4)sc4cccc(-c6ccc(-c7ccccc7)cc6)c45)n3)cc2)cc1. The van der Waals surface area contributed by atoms with Gasteiger partial charge in [-0.15, -0.1) is 11.3 Å². The van der Waals surface area contributed by atoms with Crippen molar-refractivity contribution in [1.82, 2.24) is 15.0 Å². The van der Waals surface area contributed by atoms with Gasteiger partial charge in [-0.05, 0) is 56.6 Å². The number of rotatable bonds is 7. The Morgan fingerprint density at radius 2 is 0.655 bits per heavy atom. The number of benzene rings is 8. The average molecular weight is 720 g/mol. The van der Waals surface area contributed by atoms with Crippen molar-refractivity contribution in [1.29, 1.82) is 0 Å². The topological polar surface area (TPSA) is 38.7 Å². The third-order valence-corrected chi connectivity index (χ3v) is 11.3. The minimum atomic E-state index is 0.643. The maximum atomic E-state index is 5.11. The van der Waals surface area contributed by atoms with Crippen molar-refractivity contribution in [3.8, 4) is 78.7 Å². The van der Waals surface area contributed by atoms with Gasteiger partial charge in [-0.25, -0.2) is 15.0 Å². The van der Waals surface area contributed by atoms with Gasteiger partial charge in [0.25, 0.3) is 0 Å². The summed E-state index contributed by atoms with van der Waals surface area (Å²) in [6.07, 6.45) is 0. The van der Waals surface area contributed by atoms with Crippen LogP contribution in [0.3, 0.4) is 0 Å². The molecular formula is C51H33N3S. The molecule has 8 aromatic carbocycles. The first-order valence-electron chi connectivity index (χ1n) is 18.4. The van der Waals surface area contributed by atoms with E-state index in [2.05, 4.69) is 188 Å². The molecule has 10 aromatic rings. The lowest BCUT2D eigenvalue weighted by Crippen LogP contribution is -2.00. The lowest BCUT2D eigenvalue weighted by atomic mass is 9.97. The van der Waals surface area contributed by atoms with Crippen molar-refractivity contribution in [2.24, 2.45) is 0 Å². The minimum absolute atomic E-state index is 0.643. The van der Waals surface area contributed by atoms with E-state index in [1.54, 1.807) is 0 Å². The van der Waals surface area contributed by atoms with Crippen LogP contribution in [0.4, 0.5) is 0 Å². The Hall–Kier alpha value is -7.01. The van der Waals surface area contributed by atoms with Gasteiger partial charge in [-0.1, -0.05) is 188 Å². The standard InChI is InChI=1S/C51H33N3S/c1-4-11-34(12-5-1)37-19-25-40(26-20-37)44-17-10-18-46-48(44)45-32-31-43(33-47(45)55-46)51-53-49(41-27-21-38(22-28-41)35-13-6-2-7-14-35)52-50(54-51)42-29-23-39(24-30-42)36-15-8-3-9-16-36/h1-33H. The van der Waals surface area contributed by atoms with Crippen molar-refractivity contribution in [2.45, 2.75) is 0 Å². The van der Waals surface area contributed by atoms with Gasteiger partial charge in [-0.3, -0.25) is 0 Å². The van der Waals surface area contributed by atoms with Gasteiger partial charge in [0.1, 0.15) is 0 Å². The first kappa shape index (κ1) is 32.6. The monoisotopic (exact) mass is 719 g/mol. The fourth-order valence-electron chi connectivity index (χ4n) is 7.33. The third kappa shape index (κ3) is 6.39. The molecule has 10 rings (SSSR count). The van der Waals surface area contributed by atoms with Crippen molar-refractivity contribution in [3.05, 3.63) is 200 Å². The van der Waals surface area contributed by atoms with E-state index in [1.165, 1.54) is 53.6 Å². The predicted molar refractivity (Wildman–Crippen MR) is 231 cm³/mol. The fourth-order valence-corrected chi connectivity index (χ4v) is 8.50. The van der Waals surface area contributed by atoms with Gasteiger partial charge < -0.3 is 0 Å². The van der Waals surface area contributed by atoms with E-state index >= 15 is 0 Å². The lowest BCUT2D eigenvalue weighted by Gasteiger charge is -2.10. The minimum Gasteiger partial charge on any atom is -0.208 e. The number of aromatic nitrogens is 3. The van der Waals surface area contributed by atoms with Gasteiger partial charge in [0, 0.05) is 36.9 Å². The summed E-state index contributed by atoms with van der Waals surface area (Å²) < 4.78 is 2.45. The van der Waals surface area contributed by atoms with Crippen molar-refractivity contribution >= 4 is 31.5 Å². The van der Waals surface area contributed by atoms with Gasteiger partial charge in [-0.2, -0.15) is 0 Å². The van der Waals surface area contributed by atoms with Crippen LogP contribution in [0, 0.1) is 0 Å². The van der Waals surface area contributed by atoms with Gasteiger partial charge in [0.05, 0.1) is 0 Å². The number of nitrogens with zero attached hydrogens (tertiary/aromatic N) is 3. The molecule has 0 aliphatic heterocycles. The molecule has 3 nitrogen and oxygen atoms in total. The summed E-state index contributed by atoms with van der Waals surface area (Å²) in [6.45, 7) is 0. The van der Waals surface area contributed by atoms with E-state index < -0.39 is 0 Å². The maximum Gasteiger partial charge on any atom is 0.164 e. The Morgan fingerprint density at radius 1 is 0.273 bits per heavy atom. The summed E-state index contributed by atoms with van der Waals surface area (Å²) >= 11 is 1.81. The molecular weight excluding hydrogens is 687 g/mol. The summed E-state index contributed by atoms with van der Waals surface area (Å²) in [6, 6.07) is 70.5. The molecule has 0 N–H and O–H groups in total. The quantitative estimate of drug-likeness (QED) is 0.165. The maximum absolute atomic E-state index is 5.11. The zero-order valence-corrected chi connectivity index (χ0v) is 30.6. The molecule has 2 aromatic heterocycles. The third-order valence-electron chi connectivity index (χ3n) is 10.2. The molecule has 0 bridgehead atoms. The van der Waals surface area contributed by atoms with E-state index in [9.17, 15) is 0 Å². The van der Waals surface area contributed by atoms with Crippen LogP contribution < -0.4 is 0 Å². The number of hydrogen-bond donors (Lipinski definition) is 0. The molecule has 0 atom stereocenters. The van der Waals surface area contributed by atoms with Crippen LogP contribution in [-0.2, 0) is 0 Å². The van der Waals surface area contributed by atoms with Crippen LogP contribution in [0.25, 0.3) is 98.8 Å². The van der Waals surface area contributed by atoms with E-state index in [0.717, 1.165) is 27.8 Å². The molecule has 0 unspecified atom stereocenters. The van der Waals surface area contributed by atoms with E-state index in [0.29, 0.717) is 17.5 Å². The molecule has 0 radical (unpaired) electrons. The van der Waals surface area contributed by atoms with Crippen LogP contribution in [0.15, 0.2) is 200 Å². The van der Waals surface area contributed by atoms with Crippen LogP contribution in [-0.4, -0.2) is 15.0 Å². The first-order valence-corrected chi connectivity index (χ1v) is 19.2. The second kappa shape index (κ2) is 14.1. The molecule has 0 aliphatic carbocycles. The zero-order chi connectivity index (χ0) is 36.6. The molecule has 0 saturated carbocycles. The molecule has 0 saturated heterocycles. The summed E-state index contributed by atoms with van der Waals surface area (Å²) in [5.41, 5.74) is 12.4. The summed E-state index contributed by atoms with van der Waals surface area (Å²) in [4.78, 5) is 15.3. The lowest BCUT2D eigenvalue weighted by molar-refractivity contribution is 1.07. The molecule has 0 spiro atoms. The predicted octanol–water partition coefficient (Wildman–Crippen LogP) is 13.9. The molecule has 0 fully saturated rings. The van der Waals surface area contributed by atoms with Gasteiger partial charge >= 0.3 is 0 Å². The van der Waals surface area contributed by atoms with Crippen LogP contribution in [0.1, 0.15) is 0 Å². The first-order chi connectivity index (χ1) is 27.2. The Kier molecular flexibility index (Phi) is 8.36. The molecule has 4 heteroatoms. The van der Waals surface area contributed by atoms with Crippen molar-refractivity contribution in [2.75, 3.05) is 0 Å². The largest absolute Gasteiger partial charge is 0.208 e.